The van der Waals surface area contributed by atoms with Gasteiger partial charge in [-0.15, -0.1) is 24.0 Å². The average Bonchev–Trinajstić information content (AvgIpc) is 2.60. The third-order valence-electron chi connectivity index (χ3n) is 3.25. The SMILES string of the molecule is CCOc1cc(NC(=NC)NCc2ccccc2)ccc1OC.I. The molecule has 0 aromatic heterocycles. The lowest BCUT2D eigenvalue weighted by Gasteiger charge is -2.14. The molecule has 2 aromatic carbocycles. The van der Waals surface area contributed by atoms with Crippen molar-refractivity contribution in [2.24, 2.45) is 4.99 Å². The molecule has 0 spiro atoms. The van der Waals surface area contributed by atoms with Crippen LogP contribution in [0.15, 0.2) is 53.5 Å². The standard InChI is InChI=1S/C18H23N3O2.HI/c1-4-23-17-12-15(10-11-16(17)22-3)21-18(19-2)20-13-14-8-6-5-7-9-14;/h5-12H,4,13H2,1-3H3,(H2,19,20,21);1H. The molecule has 0 saturated heterocycles. The molecule has 2 rings (SSSR count). The van der Waals surface area contributed by atoms with Crippen molar-refractivity contribution in [3.05, 3.63) is 54.1 Å². The largest absolute Gasteiger partial charge is 0.493 e. The fraction of sp³-hybridized carbons (Fsp3) is 0.278. The number of aliphatic imine (C=N–C) groups is 1. The van der Waals surface area contributed by atoms with Gasteiger partial charge in [0, 0.05) is 25.3 Å². The van der Waals surface area contributed by atoms with Crippen molar-refractivity contribution < 1.29 is 9.47 Å². The fourth-order valence-electron chi connectivity index (χ4n) is 2.12. The molecule has 0 bridgehead atoms. The Morgan fingerprint density at radius 1 is 1.08 bits per heavy atom. The first-order valence-corrected chi connectivity index (χ1v) is 7.59. The summed E-state index contributed by atoms with van der Waals surface area (Å²) in [4.78, 5) is 4.24. The molecule has 0 saturated carbocycles. The molecule has 6 heteroatoms. The first-order valence-electron chi connectivity index (χ1n) is 7.59. The van der Waals surface area contributed by atoms with Crippen LogP contribution in [-0.2, 0) is 6.54 Å². The molecule has 5 nitrogen and oxygen atoms in total. The van der Waals surface area contributed by atoms with Crippen LogP contribution in [0.2, 0.25) is 0 Å². The molecule has 0 radical (unpaired) electrons. The Bertz CT molecular complexity index is 648. The maximum atomic E-state index is 5.59. The first-order chi connectivity index (χ1) is 11.3. The van der Waals surface area contributed by atoms with Crippen molar-refractivity contribution in [3.63, 3.8) is 0 Å². The lowest BCUT2D eigenvalue weighted by atomic mass is 10.2. The maximum absolute atomic E-state index is 5.59. The summed E-state index contributed by atoms with van der Waals surface area (Å²) in [6.07, 6.45) is 0. The second kappa shape index (κ2) is 10.7. The van der Waals surface area contributed by atoms with E-state index in [0.29, 0.717) is 30.6 Å². The number of methoxy groups -OCH3 is 1. The van der Waals surface area contributed by atoms with Gasteiger partial charge >= 0.3 is 0 Å². The monoisotopic (exact) mass is 441 g/mol. The molecule has 0 atom stereocenters. The van der Waals surface area contributed by atoms with E-state index >= 15 is 0 Å². The van der Waals surface area contributed by atoms with E-state index in [1.807, 2.05) is 43.3 Å². The fourth-order valence-corrected chi connectivity index (χ4v) is 2.12. The van der Waals surface area contributed by atoms with E-state index in [0.717, 1.165) is 5.69 Å². The van der Waals surface area contributed by atoms with Gasteiger partial charge in [0.15, 0.2) is 17.5 Å². The van der Waals surface area contributed by atoms with Gasteiger partial charge in [-0.2, -0.15) is 0 Å². The van der Waals surface area contributed by atoms with E-state index in [1.165, 1.54) is 5.56 Å². The van der Waals surface area contributed by atoms with Crippen LogP contribution in [-0.4, -0.2) is 26.7 Å². The van der Waals surface area contributed by atoms with Crippen molar-refractivity contribution in [3.8, 4) is 11.5 Å². The van der Waals surface area contributed by atoms with Crippen LogP contribution >= 0.6 is 24.0 Å². The second-order valence-corrected chi connectivity index (χ2v) is 4.84. The zero-order valence-corrected chi connectivity index (χ0v) is 16.5. The molecule has 24 heavy (non-hydrogen) atoms. The number of guanidine groups is 1. The smallest absolute Gasteiger partial charge is 0.195 e. The van der Waals surface area contributed by atoms with Gasteiger partial charge in [-0.05, 0) is 24.6 Å². The third-order valence-corrected chi connectivity index (χ3v) is 3.25. The van der Waals surface area contributed by atoms with Crippen molar-refractivity contribution in [2.75, 3.05) is 26.1 Å². The Morgan fingerprint density at radius 2 is 1.83 bits per heavy atom. The third kappa shape index (κ3) is 5.92. The van der Waals surface area contributed by atoms with E-state index in [1.54, 1.807) is 14.2 Å². The van der Waals surface area contributed by atoms with Gasteiger partial charge in [-0.1, -0.05) is 30.3 Å². The van der Waals surface area contributed by atoms with Crippen molar-refractivity contribution in [1.82, 2.24) is 5.32 Å². The van der Waals surface area contributed by atoms with Crippen LogP contribution in [0.4, 0.5) is 5.69 Å². The van der Waals surface area contributed by atoms with Crippen LogP contribution in [0, 0.1) is 0 Å². The van der Waals surface area contributed by atoms with Gasteiger partial charge in [0.2, 0.25) is 0 Å². The summed E-state index contributed by atoms with van der Waals surface area (Å²) in [5, 5.41) is 6.53. The molecule has 0 aliphatic rings. The van der Waals surface area contributed by atoms with Crippen molar-refractivity contribution >= 4 is 35.6 Å². The lowest BCUT2D eigenvalue weighted by molar-refractivity contribution is 0.311. The number of nitrogens with zero attached hydrogens (tertiary/aromatic N) is 1. The highest BCUT2D eigenvalue weighted by Crippen LogP contribution is 2.30. The summed E-state index contributed by atoms with van der Waals surface area (Å²) in [5.74, 6) is 2.12. The average molecular weight is 441 g/mol. The van der Waals surface area contributed by atoms with Gasteiger partial charge in [0.1, 0.15) is 0 Å². The van der Waals surface area contributed by atoms with Crippen LogP contribution < -0.4 is 20.1 Å². The molecule has 0 fully saturated rings. The van der Waals surface area contributed by atoms with E-state index < -0.39 is 0 Å². The van der Waals surface area contributed by atoms with E-state index in [4.69, 9.17) is 9.47 Å². The Labute approximate surface area is 160 Å². The molecule has 0 aliphatic heterocycles. The maximum Gasteiger partial charge on any atom is 0.195 e. The van der Waals surface area contributed by atoms with Gasteiger partial charge < -0.3 is 20.1 Å². The number of hydrogen-bond acceptors (Lipinski definition) is 3. The molecule has 0 amide bonds. The van der Waals surface area contributed by atoms with E-state index in [-0.39, 0.29) is 24.0 Å². The Balaban J connectivity index is 0.00000288. The van der Waals surface area contributed by atoms with Crippen LogP contribution in [0.1, 0.15) is 12.5 Å². The molecule has 0 heterocycles. The number of halogens is 1. The van der Waals surface area contributed by atoms with Crippen molar-refractivity contribution in [2.45, 2.75) is 13.5 Å². The minimum absolute atomic E-state index is 0. The first kappa shape index (κ1) is 20.1. The molecule has 2 N–H and O–H groups in total. The zero-order valence-electron chi connectivity index (χ0n) is 14.2. The summed E-state index contributed by atoms with van der Waals surface area (Å²) in [7, 11) is 3.37. The highest BCUT2D eigenvalue weighted by atomic mass is 127. The van der Waals surface area contributed by atoms with Gasteiger partial charge in [0.25, 0.3) is 0 Å². The summed E-state index contributed by atoms with van der Waals surface area (Å²) in [6.45, 7) is 3.23. The topological polar surface area (TPSA) is 54.9 Å². The Kier molecular flexibility index (Phi) is 8.99. The molecule has 130 valence electrons. The summed E-state index contributed by atoms with van der Waals surface area (Å²) >= 11 is 0. The molecule has 0 aliphatic carbocycles. The summed E-state index contributed by atoms with van der Waals surface area (Å²) < 4.78 is 10.9. The minimum atomic E-state index is 0. The normalized spacial score (nSPS) is 10.5. The van der Waals surface area contributed by atoms with Crippen LogP contribution in [0.25, 0.3) is 0 Å². The van der Waals surface area contributed by atoms with Crippen LogP contribution in [0.5, 0.6) is 11.5 Å². The van der Waals surface area contributed by atoms with Gasteiger partial charge in [-0.25, -0.2) is 0 Å². The highest BCUT2D eigenvalue weighted by molar-refractivity contribution is 14.0. The van der Waals surface area contributed by atoms with Gasteiger partial charge in [-0.3, -0.25) is 4.99 Å². The predicted octanol–water partition coefficient (Wildman–Crippen LogP) is 3.90. The minimum Gasteiger partial charge on any atom is -0.493 e. The summed E-state index contributed by atoms with van der Waals surface area (Å²) in [5.41, 5.74) is 2.08. The molecular formula is C18H24IN3O2. The Morgan fingerprint density at radius 3 is 2.46 bits per heavy atom. The number of ether oxygens (including phenoxy) is 2. The highest BCUT2D eigenvalue weighted by Gasteiger charge is 2.07. The zero-order chi connectivity index (χ0) is 16.5. The van der Waals surface area contributed by atoms with Crippen LogP contribution in [0.3, 0.4) is 0 Å². The summed E-state index contributed by atoms with van der Waals surface area (Å²) in [6, 6.07) is 15.9. The molecule has 0 unspecified atom stereocenters. The molecular weight excluding hydrogens is 417 g/mol. The Hall–Kier alpha value is -1.96. The quantitative estimate of drug-likeness (QED) is 0.406. The number of hydrogen-bond donors (Lipinski definition) is 2. The van der Waals surface area contributed by atoms with Crippen molar-refractivity contribution in [1.29, 1.82) is 0 Å². The van der Waals surface area contributed by atoms with E-state index in [2.05, 4.69) is 27.8 Å². The van der Waals surface area contributed by atoms with E-state index in [9.17, 15) is 0 Å². The number of benzene rings is 2. The van der Waals surface area contributed by atoms with Gasteiger partial charge in [0.05, 0.1) is 13.7 Å². The second-order valence-electron chi connectivity index (χ2n) is 4.84. The number of anilines is 1. The number of nitrogens with one attached hydrogen (secondary N) is 2. The number of rotatable bonds is 6. The lowest BCUT2D eigenvalue weighted by Crippen LogP contribution is -2.30. The predicted molar refractivity (Wildman–Crippen MR) is 110 cm³/mol. The molecule has 2 aromatic rings.